The average Bonchev–Trinajstić information content (AvgIpc) is 3.12. The summed E-state index contributed by atoms with van der Waals surface area (Å²) in [5.74, 6) is 1.27. The van der Waals surface area contributed by atoms with E-state index >= 15 is 0 Å². The second kappa shape index (κ2) is 9.59. The molecule has 2 heterocycles. The van der Waals surface area contributed by atoms with Crippen molar-refractivity contribution in [3.05, 3.63) is 46.2 Å². The Morgan fingerprint density at radius 2 is 1.77 bits per heavy atom. The molecule has 3 aromatic rings. The van der Waals surface area contributed by atoms with Crippen molar-refractivity contribution in [2.45, 2.75) is 20.8 Å². The zero-order chi connectivity index (χ0) is 21.7. The molecular weight excluding hydrogens is 400 g/mol. The molecule has 0 aliphatic rings. The van der Waals surface area contributed by atoms with Crippen LogP contribution in [0.4, 0.5) is 22.7 Å². The van der Waals surface area contributed by atoms with Gasteiger partial charge in [0.05, 0.1) is 6.20 Å². The van der Waals surface area contributed by atoms with Gasteiger partial charge >= 0.3 is 0 Å². The Labute approximate surface area is 180 Å². The van der Waals surface area contributed by atoms with E-state index in [1.165, 1.54) is 11.3 Å². The van der Waals surface area contributed by atoms with Gasteiger partial charge in [-0.15, -0.1) is 0 Å². The molecule has 3 N–H and O–H groups in total. The topological polar surface area (TPSA) is 108 Å². The van der Waals surface area contributed by atoms with E-state index < -0.39 is 0 Å². The van der Waals surface area contributed by atoms with Crippen molar-refractivity contribution in [3.63, 3.8) is 0 Å². The van der Waals surface area contributed by atoms with Crippen LogP contribution in [0.5, 0.6) is 0 Å². The summed E-state index contributed by atoms with van der Waals surface area (Å²) >= 11 is 1.24. The van der Waals surface area contributed by atoms with Crippen molar-refractivity contribution in [2.24, 2.45) is 0 Å². The van der Waals surface area contributed by atoms with Crippen molar-refractivity contribution in [1.29, 1.82) is 0 Å². The highest BCUT2D eigenvalue weighted by Crippen LogP contribution is 2.24. The first-order valence-corrected chi connectivity index (χ1v) is 10.3. The molecule has 0 fully saturated rings. The molecule has 1 amide bonds. The number of carbonyl (C=O) groups is 1. The Kier molecular flexibility index (Phi) is 6.91. The number of anilines is 4. The zero-order valence-corrected chi connectivity index (χ0v) is 18.6. The summed E-state index contributed by atoms with van der Waals surface area (Å²) in [5.41, 5.74) is 2.86. The van der Waals surface area contributed by atoms with Gasteiger partial charge in [-0.05, 0) is 46.0 Å². The van der Waals surface area contributed by atoms with Crippen LogP contribution < -0.4 is 16.0 Å². The van der Waals surface area contributed by atoms with Gasteiger partial charge < -0.3 is 15.5 Å². The first kappa shape index (κ1) is 21.6. The van der Waals surface area contributed by atoms with E-state index in [2.05, 4.69) is 40.8 Å². The lowest BCUT2D eigenvalue weighted by molar-refractivity contribution is 0.103. The summed E-state index contributed by atoms with van der Waals surface area (Å²) in [6.45, 7) is 7.31. The number of carbonyl (C=O) groups excluding carboxylic acids is 1. The lowest BCUT2D eigenvalue weighted by atomic mass is 10.1. The second-order valence-corrected chi connectivity index (χ2v) is 8.17. The molecule has 0 aliphatic carbocycles. The molecule has 3 rings (SSSR count). The normalized spacial score (nSPS) is 10.9. The fourth-order valence-corrected chi connectivity index (χ4v) is 3.43. The maximum absolute atomic E-state index is 12.6. The minimum Gasteiger partial charge on any atom is -0.353 e. The number of benzene rings is 1. The third kappa shape index (κ3) is 5.71. The Bertz CT molecular complexity index is 1010. The molecule has 0 radical (unpaired) electrons. The third-order valence-electron chi connectivity index (χ3n) is 4.26. The monoisotopic (exact) mass is 426 g/mol. The Morgan fingerprint density at radius 3 is 2.47 bits per heavy atom. The smallest absolute Gasteiger partial charge is 0.267 e. The summed E-state index contributed by atoms with van der Waals surface area (Å²) in [6.07, 6.45) is 1.54. The van der Waals surface area contributed by atoms with E-state index in [9.17, 15) is 4.79 Å². The molecule has 2 aromatic heterocycles. The molecular formula is C20H26N8OS. The first-order valence-electron chi connectivity index (χ1n) is 9.53. The summed E-state index contributed by atoms with van der Waals surface area (Å²) in [4.78, 5) is 32.5. The molecule has 158 valence electrons. The summed E-state index contributed by atoms with van der Waals surface area (Å²) < 4.78 is 0. The summed E-state index contributed by atoms with van der Waals surface area (Å²) in [7, 11) is 4.01. The molecule has 10 heteroatoms. The fourth-order valence-electron chi connectivity index (χ4n) is 2.73. The number of aromatic nitrogens is 4. The minimum atomic E-state index is -0.198. The Morgan fingerprint density at radius 1 is 1.07 bits per heavy atom. The largest absolute Gasteiger partial charge is 0.353 e. The number of thiazole rings is 1. The molecule has 9 nitrogen and oxygen atoms in total. The quantitative estimate of drug-likeness (QED) is 0.504. The van der Waals surface area contributed by atoms with Crippen LogP contribution in [0.2, 0.25) is 0 Å². The minimum absolute atomic E-state index is 0.198. The van der Waals surface area contributed by atoms with Crippen LogP contribution in [-0.4, -0.2) is 57.9 Å². The number of hydrogen-bond donors (Lipinski definition) is 3. The number of nitrogens with one attached hydrogen (secondary N) is 3. The highest BCUT2D eigenvalue weighted by Gasteiger charge is 2.14. The SMILES string of the molecule is Cc1nc(NCCN(C)C)nc(Nc2ncc(C(=O)Nc3c(C)cccc3C)s2)n1. The van der Waals surface area contributed by atoms with Gasteiger partial charge in [0.1, 0.15) is 10.7 Å². The van der Waals surface area contributed by atoms with Gasteiger partial charge in [0.25, 0.3) is 5.91 Å². The molecule has 0 saturated carbocycles. The number of nitrogens with zero attached hydrogens (tertiary/aromatic N) is 5. The van der Waals surface area contributed by atoms with E-state index in [4.69, 9.17) is 0 Å². The van der Waals surface area contributed by atoms with Crippen LogP contribution in [-0.2, 0) is 0 Å². The number of para-hydroxylation sites is 1. The Balaban J connectivity index is 1.68. The van der Waals surface area contributed by atoms with Crippen LogP contribution >= 0.6 is 11.3 Å². The Hall–Kier alpha value is -3.11. The van der Waals surface area contributed by atoms with E-state index in [1.807, 2.05) is 46.1 Å². The number of amides is 1. The highest BCUT2D eigenvalue weighted by molar-refractivity contribution is 7.17. The first-order chi connectivity index (χ1) is 14.3. The van der Waals surface area contributed by atoms with E-state index in [-0.39, 0.29) is 5.91 Å². The maximum atomic E-state index is 12.6. The summed E-state index contributed by atoms with van der Waals surface area (Å²) in [5, 5.41) is 9.74. The van der Waals surface area contributed by atoms with Crippen molar-refractivity contribution in [2.75, 3.05) is 43.1 Å². The van der Waals surface area contributed by atoms with Crippen LogP contribution in [0.15, 0.2) is 24.4 Å². The number of aryl methyl sites for hydroxylation is 3. The van der Waals surface area contributed by atoms with E-state index in [0.717, 1.165) is 29.9 Å². The number of rotatable bonds is 8. The highest BCUT2D eigenvalue weighted by atomic mass is 32.1. The molecule has 0 atom stereocenters. The van der Waals surface area contributed by atoms with Gasteiger partial charge in [-0.1, -0.05) is 29.5 Å². The predicted octanol–water partition coefficient (Wildman–Crippen LogP) is 3.22. The second-order valence-electron chi connectivity index (χ2n) is 7.14. The predicted molar refractivity (Wildman–Crippen MR) is 121 cm³/mol. The van der Waals surface area contributed by atoms with Gasteiger partial charge in [-0.2, -0.15) is 15.0 Å². The summed E-state index contributed by atoms with van der Waals surface area (Å²) in [6, 6.07) is 5.90. The zero-order valence-electron chi connectivity index (χ0n) is 17.8. The van der Waals surface area contributed by atoms with Crippen LogP contribution in [0.25, 0.3) is 0 Å². The fraction of sp³-hybridized carbons (Fsp3) is 0.350. The number of hydrogen-bond acceptors (Lipinski definition) is 9. The molecule has 30 heavy (non-hydrogen) atoms. The number of likely N-dealkylation sites (N-methyl/N-ethyl adjacent to an activating group) is 1. The molecule has 1 aromatic carbocycles. The molecule has 0 bridgehead atoms. The van der Waals surface area contributed by atoms with Crippen molar-refractivity contribution in [3.8, 4) is 0 Å². The van der Waals surface area contributed by atoms with Gasteiger partial charge in [0, 0.05) is 18.8 Å². The standard InChI is InChI=1S/C20H26N8OS/c1-12-7-6-8-13(2)16(12)25-17(29)15-11-22-20(30-15)27-19-24-14(3)23-18(26-19)21-9-10-28(4)5/h6-8,11H,9-10H2,1-5H3,(H,25,29)(H2,21,22,23,24,26,27). The van der Waals surface area contributed by atoms with Crippen LogP contribution in [0.3, 0.4) is 0 Å². The average molecular weight is 427 g/mol. The van der Waals surface area contributed by atoms with Crippen LogP contribution in [0.1, 0.15) is 26.6 Å². The molecule has 0 unspecified atom stereocenters. The molecule has 0 aliphatic heterocycles. The molecule has 0 spiro atoms. The van der Waals surface area contributed by atoms with Gasteiger partial charge in [-0.3, -0.25) is 10.1 Å². The van der Waals surface area contributed by atoms with E-state index in [1.54, 1.807) is 13.1 Å². The van der Waals surface area contributed by atoms with Crippen molar-refractivity contribution >= 4 is 40.0 Å². The maximum Gasteiger partial charge on any atom is 0.267 e. The molecule has 0 saturated heterocycles. The van der Waals surface area contributed by atoms with Crippen LogP contribution in [0, 0.1) is 20.8 Å². The van der Waals surface area contributed by atoms with Crippen molar-refractivity contribution < 1.29 is 4.79 Å². The lowest BCUT2D eigenvalue weighted by Crippen LogP contribution is -2.22. The lowest BCUT2D eigenvalue weighted by Gasteiger charge is -2.11. The third-order valence-corrected chi connectivity index (χ3v) is 5.17. The van der Waals surface area contributed by atoms with Gasteiger partial charge in [-0.25, -0.2) is 4.98 Å². The van der Waals surface area contributed by atoms with E-state index in [0.29, 0.717) is 27.7 Å². The van der Waals surface area contributed by atoms with Gasteiger partial charge in [0.15, 0.2) is 5.13 Å². The van der Waals surface area contributed by atoms with Crippen molar-refractivity contribution in [1.82, 2.24) is 24.8 Å². The van der Waals surface area contributed by atoms with Gasteiger partial charge in [0.2, 0.25) is 11.9 Å².